The zero-order valence-electron chi connectivity index (χ0n) is 14.8. The lowest BCUT2D eigenvalue weighted by Crippen LogP contribution is -2.48. The van der Waals surface area contributed by atoms with Crippen molar-refractivity contribution in [1.82, 2.24) is 14.4 Å². The first-order valence-electron chi connectivity index (χ1n) is 8.11. The minimum absolute atomic E-state index is 0.0421. The van der Waals surface area contributed by atoms with Crippen LogP contribution in [0.5, 0.6) is 0 Å². The summed E-state index contributed by atoms with van der Waals surface area (Å²) in [5, 5.41) is 10.1. The Bertz CT molecular complexity index is 1070. The molecule has 3 aromatic rings. The van der Waals surface area contributed by atoms with Crippen LogP contribution in [0, 0.1) is 6.92 Å². The van der Waals surface area contributed by atoms with E-state index in [1.165, 1.54) is 6.07 Å². The van der Waals surface area contributed by atoms with Crippen LogP contribution in [0.4, 0.5) is 32.2 Å². The molecule has 2 aromatic heterocycles. The van der Waals surface area contributed by atoms with Crippen molar-refractivity contribution in [2.24, 2.45) is 5.73 Å². The van der Waals surface area contributed by atoms with E-state index in [-0.39, 0.29) is 16.9 Å². The molecule has 156 valence electrons. The number of nitrogens with zero attached hydrogens (tertiary/aromatic N) is 3. The fraction of sp³-hybridized carbons (Fsp3) is 0.294. The first-order chi connectivity index (χ1) is 13.3. The highest BCUT2D eigenvalue weighted by molar-refractivity contribution is 5.72. The van der Waals surface area contributed by atoms with E-state index in [1.54, 1.807) is 6.92 Å². The number of nitrogen functional groups attached to an aromatic ring is 1. The molecule has 0 amide bonds. The van der Waals surface area contributed by atoms with Gasteiger partial charge >= 0.3 is 12.4 Å². The molecule has 0 saturated carbocycles. The van der Waals surface area contributed by atoms with Gasteiger partial charge in [0.2, 0.25) is 0 Å². The molecule has 6 nitrogen and oxygen atoms in total. The number of hydrogen-bond donors (Lipinski definition) is 3. The van der Waals surface area contributed by atoms with E-state index in [1.807, 2.05) is 0 Å². The number of aryl methyl sites for hydroxylation is 1. The lowest BCUT2D eigenvalue weighted by Gasteiger charge is -2.30. The molecule has 29 heavy (non-hydrogen) atoms. The summed E-state index contributed by atoms with van der Waals surface area (Å²) in [5.74, 6) is -0.492. The molecule has 2 heterocycles. The van der Waals surface area contributed by atoms with Crippen molar-refractivity contribution in [2.45, 2.75) is 24.9 Å². The number of aromatic nitrogens is 3. The van der Waals surface area contributed by atoms with E-state index in [2.05, 4.69) is 9.97 Å². The number of nitrogens with two attached hydrogens (primary N) is 2. The highest BCUT2D eigenvalue weighted by Crippen LogP contribution is 2.40. The second kappa shape index (κ2) is 6.59. The van der Waals surface area contributed by atoms with E-state index >= 15 is 0 Å². The van der Waals surface area contributed by atoms with Crippen LogP contribution >= 0.6 is 0 Å². The van der Waals surface area contributed by atoms with Gasteiger partial charge in [-0.2, -0.15) is 26.3 Å². The van der Waals surface area contributed by atoms with Gasteiger partial charge in [0.15, 0.2) is 22.8 Å². The fourth-order valence-electron chi connectivity index (χ4n) is 2.90. The Morgan fingerprint density at radius 3 is 2.34 bits per heavy atom. The molecule has 0 saturated heterocycles. The van der Waals surface area contributed by atoms with Gasteiger partial charge in [0, 0.05) is 18.3 Å². The normalized spacial score (nSPS) is 14.9. The van der Waals surface area contributed by atoms with Crippen LogP contribution in [-0.4, -0.2) is 32.2 Å². The molecular formula is C17H15F6N5O. The van der Waals surface area contributed by atoms with Crippen LogP contribution in [0.1, 0.15) is 16.8 Å². The van der Waals surface area contributed by atoms with Crippen molar-refractivity contribution >= 4 is 11.5 Å². The molecule has 0 spiro atoms. The Hall–Kier alpha value is -2.86. The summed E-state index contributed by atoms with van der Waals surface area (Å²) in [4.78, 5) is 7.19. The SMILES string of the molecule is Cc1ccc(C(O)(CN)C(F)(F)F)cc1-c1cnc2c(N)nc(C(F)(F)F)cn12. The standard InChI is InChI=1S/C17H15F6N5O/c1-8-2-3-9(15(29,7-24)17(21,22)23)4-10(8)11-5-26-14-13(25)27-12(6-28(11)14)16(18,19)20/h2-6,29H,7,24H2,1H3,(H2,25,27). The van der Waals surface area contributed by atoms with Crippen LogP contribution in [0.15, 0.2) is 30.6 Å². The first-order valence-corrected chi connectivity index (χ1v) is 8.11. The number of anilines is 1. The number of fused-ring (bicyclic) bond motifs is 1. The maximum absolute atomic E-state index is 13.4. The number of alkyl halides is 6. The fourth-order valence-corrected chi connectivity index (χ4v) is 2.90. The van der Waals surface area contributed by atoms with Gasteiger partial charge in [-0.05, 0) is 24.1 Å². The van der Waals surface area contributed by atoms with Gasteiger partial charge in [-0.15, -0.1) is 0 Å². The lowest BCUT2D eigenvalue weighted by molar-refractivity contribution is -0.262. The molecule has 0 radical (unpaired) electrons. The summed E-state index contributed by atoms with van der Waals surface area (Å²) in [6, 6.07) is 3.37. The van der Waals surface area contributed by atoms with Crippen LogP contribution in [0.3, 0.4) is 0 Å². The van der Waals surface area contributed by atoms with Gasteiger partial charge in [-0.1, -0.05) is 12.1 Å². The topological polar surface area (TPSA) is 102 Å². The van der Waals surface area contributed by atoms with Crippen molar-refractivity contribution < 1.29 is 31.4 Å². The van der Waals surface area contributed by atoms with Crippen molar-refractivity contribution in [3.63, 3.8) is 0 Å². The predicted molar refractivity (Wildman–Crippen MR) is 91.6 cm³/mol. The number of rotatable bonds is 3. The summed E-state index contributed by atoms with van der Waals surface area (Å²) in [6.07, 6.45) is -8.05. The minimum Gasteiger partial charge on any atom is -0.381 e. The maximum Gasteiger partial charge on any atom is 0.434 e. The van der Waals surface area contributed by atoms with Crippen LogP contribution in [0.2, 0.25) is 0 Å². The van der Waals surface area contributed by atoms with E-state index < -0.39 is 41.6 Å². The Kier molecular flexibility index (Phi) is 4.74. The van der Waals surface area contributed by atoms with E-state index in [4.69, 9.17) is 11.5 Å². The zero-order valence-corrected chi connectivity index (χ0v) is 14.8. The van der Waals surface area contributed by atoms with Gasteiger partial charge < -0.3 is 16.6 Å². The Labute approximate surface area is 159 Å². The second-order valence-corrected chi connectivity index (χ2v) is 6.44. The van der Waals surface area contributed by atoms with Crippen molar-refractivity contribution in [3.8, 4) is 11.3 Å². The third-order valence-electron chi connectivity index (χ3n) is 4.56. The van der Waals surface area contributed by atoms with Crippen molar-refractivity contribution in [1.29, 1.82) is 0 Å². The summed E-state index contributed by atoms with van der Waals surface area (Å²) < 4.78 is 80.3. The molecule has 1 aromatic carbocycles. The van der Waals surface area contributed by atoms with Gasteiger partial charge in [0.1, 0.15) is 0 Å². The molecule has 1 unspecified atom stereocenters. The Morgan fingerprint density at radius 2 is 1.79 bits per heavy atom. The molecule has 12 heteroatoms. The highest BCUT2D eigenvalue weighted by atomic mass is 19.4. The van der Waals surface area contributed by atoms with Crippen LogP contribution in [-0.2, 0) is 11.8 Å². The van der Waals surface area contributed by atoms with Gasteiger partial charge in [0.05, 0.1) is 11.9 Å². The lowest BCUT2D eigenvalue weighted by atomic mass is 9.90. The molecule has 3 rings (SSSR count). The largest absolute Gasteiger partial charge is 0.434 e. The van der Waals surface area contributed by atoms with Gasteiger partial charge in [-0.25, -0.2) is 9.97 Å². The summed E-state index contributed by atoms with van der Waals surface area (Å²) in [6.45, 7) is 0.407. The maximum atomic E-state index is 13.4. The Balaban J connectivity index is 2.27. The zero-order chi connectivity index (χ0) is 21.8. The Morgan fingerprint density at radius 1 is 1.14 bits per heavy atom. The average Bonchev–Trinajstić information content (AvgIpc) is 3.04. The molecule has 0 aliphatic heterocycles. The molecule has 0 bridgehead atoms. The van der Waals surface area contributed by atoms with Crippen molar-refractivity contribution in [3.05, 3.63) is 47.4 Å². The molecule has 0 aliphatic rings. The summed E-state index contributed by atoms with van der Waals surface area (Å²) in [7, 11) is 0. The van der Waals surface area contributed by atoms with Gasteiger partial charge in [-0.3, -0.25) is 4.40 Å². The molecule has 0 aliphatic carbocycles. The average molecular weight is 419 g/mol. The quantitative estimate of drug-likeness (QED) is 0.567. The first kappa shape index (κ1) is 20.9. The molecule has 0 fully saturated rings. The molecular weight excluding hydrogens is 404 g/mol. The van der Waals surface area contributed by atoms with E-state index in [0.29, 0.717) is 11.8 Å². The summed E-state index contributed by atoms with van der Waals surface area (Å²) in [5.41, 5.74) is 6.06. The van der Waals surface area contributed by atoms with Crippen molar-refractivity contribution in [2.75, 3.05) is 12.3 Å². The third kappa shape index (κ3) is 3.38. The van der Waals surface area contributed by atoms with Crippen LogP contribution < -0.4 is 11.5 Å². The van der Waals surface area contributed by atoms with Gasteiger partial charge in [0.25, 0.3) is 0 Å². The van der Waals surface area contributed by atoms with E-state index in [0.717, 1.165) is 22.7 Å². The molecule has 5 N–H and O–H groups in total. The van der Waals surface area contributed by atoms with E-state index in [9.17, 15) is 31.4 Å². The summed E-state index contributed by atoms with van der Waals surface area (Å²) >= 11 is 0. The number of hydrogen-bond acceptors (Lipinski definition) is 5. The second-order valence-electron chi connectivity index (χ2n) is 6.44. The number of halogens is 6. The smallest absolute Gasteiger partial charge is 0.381 e. The minimum atomic E-state index is -5.06. The number of aliphatic hydroxyl groups is 1. The number of benzene rings is 1. The number of imidazole rings is 1. The predicted octanol–water partition coefficient (Wildman–Crippen LogP) is 3.01. The van der Waals surface area contributed by atoms with Crippen LogP contribution in [0.25, 0.3) is 16.9 Å². The third-order valence-corrected chi connectivity index (χ3v) is 4.56. The molecule has 1 atom stereocenters. The monoisotopic (exact) mass is 419 g/mol. The highest BCUT2D eigenvalue weighted by Gasteiger charge is 2.54.